The van der Waals surface area contributed by atoms with Crippen LogP contribution < -0.4 is 0 Å². The molecule has 0 aromatic heterocycles. The van der Waals surface area contributed by atoms with Gasteiger partial charge >= 0.3 is 5.97 Å². The van der Waals surface area contributed by atoms with E-state index < -0.39 is 0 Å². The molecule has 0 unspecified atom stereocenters. The highest BCUT2D eigenvalue weighted by Crippen LogP contribution is 2.51. The van der Waals surface area contributed by atoms with Crippen molar-refractivity contribution in [3.8, 4) is 0 Å². The molecule has 1 fully saturated rings. The average Bonchev–Trinajstić information content (AvgIpc) is 2.12. The van der Waals surface area contributed by atoms with Gasteiger partial charge in [-0.3, -0.25) is 0 Å². The molecule has 17 heavy (non-hydrogen) atoms. The Morgan fingerprint density at radius 1 is 1.18 bits per heavy atom. The van der Waals surface area contributed by atoms with Gasteiger partial charge in [-0.25, -0.2) is 4.79 Å². The third-order valence-electron chi connectivity index (χ3n) is 4.47. The highest BCUT2D eigenvalue weighted by molar-refractivity contribution is 5.87. The Morgan fingerprint density at radius 2 is 1.59 bits per heavy atom. The number of ether oxygens (including phenoxy) is 1. The van der Waals surface area contributed by atoms with Gasteiger partial charge in [-0.1, -0.05) is 41.2 Å². The van der Waals surface area contributed by atoms with Crippen molar-refractivity contribution >= 4 is 5.97 Å². The predicted octanol–water partition coefficient (Wildman–Crippen LogP) is 3.96. The molecular weight excluding hydrogens is 212 g/mol. The van der Waals surface area contributed by atoms with E-state index in [1.54, 1.807) is 6.92 Å². The van der Waals surface area contributed by atoms with Gasteiger partial charge in [0.1, 0.15) is 6.10 Å². The summed E-state index contributed by atoms with van der Waals surface area (Å²) in [5.74, 6) is 0.367. The topological polar surface area (TPSA) is 26.3 Å². The van der Waals surface area contributed by atoms with Crippen LogP contribution in [-0.4, -0.2) is 12.1 Å². The lowest BCUT2D eigenvalue weighted by atomic mass is 9.57. The maximum absolute atomic E-state index is 11.6. The third kappa shape index (κ3) is 3.11. The molecule has 0 saturated heterocycles. The van der Waals surface area contributed by atoms with Crippen LogP contribution in [-0.2, 0) is 9.53 Å². The number of hydrogen-bond acceptors (Lipinski definition) is 2. The van der Waals surface area contributed by atoms with Gasteiger partial charge in [-0.05, 0) is 36.5 Å². The van der Waals surface area contributed by atoms with Gasteiger partial charge in [0.05, 0.1) is 0 Å². The standard InChI is InChI=1S/C15H26O2/c1-10(2)13(16)17-12-8-14(4,5)11(3)15(6,7)9-12/h11-12H,1,8-9H2,2-7H3. The van der Waals surface area contributed by atoms with Crippen molar-refractivity contribution < 1.29 is 9.53 Å². The molecule has 0 atom stereocenters. The molecule has 0 spiro atoms. The Balaban J connectivity index is 2.78. The van der Waals surface area contributed by atoms with E-state index in [1.165, 1.54) is 0 Å². The smallest absolute Gasteiger partial charge is 0.333 e. The Bertz CT molecular complexity index is 308. The van der Waals surface area contributed by atoms with E-state index in [4.69, 9.17) is 4.74 Å². The van der Waals surface area contributed by atoms with Gasteiger partial charge in [0.15, 0.2) is 0 Å². The molecule has 1 aliphatic carbocycles. The van der Waals surface area contributed by atoms with Gasteiger partial charge in [-0.2, -0.15) is 0 Å². The van der Waals surface area contributed by atoms with Crippen LogP contribution in [0.25, 0.3) is 0 Å². The van der Waals surface area contributed by atoms with Crippen molar-refractivity contribution in [3.05, 3.63) is 12.2 Å². The molecule has 0 radical (unpaired) electrons. The summed E-state index contributed by atoms with van der Waals surface area (Å²) in [6, 6.07) is 0. The fourth-order valence-electron chi connectivity index (χ4n) is 2.99. The van der Waals surface area contributed by atoms with Crippen LogP contribution >= 0.6 is 0 Å². The zero-order valence-corrected chi connectivity index (χ0v) is 12.1. The monoisotopic (exact) mass is 238 g/mol. The zero-order chi connectivity index (χ0) is 13.4. The van der Waals surface area contributed by atoms with Crippen molar-refractivity contribution in [3.63, 3.8) is 0 Å². The molecule has 1 saturated carbocycles. The Kier molecular flexibility index (Phi) is 3.75. The van der Waals surface area contributed by atoms with Gasteiger partial charge in [0.2, 0.25) is 0 Å². The average molecular weight is 238 g/mol. The molecular formula is C15H26O2. The first-order chi connectivity index (χ1) is 7.56. The van der Waals surface area contributed by atoms with Gasteiger partial charge in [0, 0.05) is 5.57 Å². The number of esters is 1. The maximum atomic E-state index is 11.6. The van der Waals surface area contributed by atoms with E-state index in [0.29, 0.717) is 11.5 Å². The second-order valence-electron chi connectivity index (χ2n) is 6.91. The van der Waals surface area contributed by atoms with Crippen molar-refractivity contribution in [2.75, 3.05) is 0 Å². The highest BCUT2D eigenvalue weighted by Gasteiger charge is 2.45. The summed E-state index contributed by atoms with van der Waals surface area (Å²) in [6.45, 7) is 16.7. The van der Waals surface area contributed by atoms with Gasteiger partial charge in [-0.15, -0.1) is 0 Å². The maximum Gasteiger partial charge on any atom is 0.333 e. The lowest BCUT2D eigenvalue weighted by Gasteiger charge is -2.50. The Labute approximate surface area is 105 Å². The zero-order valence-electron chi connectivity index (χ0n) is 12.1. The van der Waals surface area contributed by atoms with Crippen molar-refractivity contribution in [2.45, 2.75) is 60.5 Å². The minimum absolute atomic E-state index is 0.0281. The molecule has 1 rings (SSSR count). The highest BCUT2D eigenvalue weighted by atomic mass is 16.5. The van der Waals surface area contributed by atoms with Crippen LogP contribution in [0.3, 0.4) is 0 Å². The quantitative estimate of drug-likeness (QED) is 0.537. The van der Waals surface area contributed by atoms with Crippen molar-refractivity contribution in [1.29, 1.82) is 0 Å². The first-order valence-electron chi connectivity index (χ1n) is 6.43. The number of rotatable bonds is 2. The SMILES string of the molecule is C=C(C)C(=O)OC1CC(C)(C)C(C)C(C)(C)C1. The van der Waals surface area contributed by atoms with Crippen LogP contribution in [0.4, 0.5) is 0 Å². The normalized spacial score (nSPS) is 30.7. The summed E-state index contributed by atoms with van der Waals surface area (Å²) in [6.07, 6.45) is 1.91. The second-order valence-corrected chi connectivity index (χ2v) is 6.91. The Morgan fingerprint density at radius 3 is 1.94 bits per heavy atom. The van der Waals surface area contributed by atoms with E-state index in [9.17, 15) is 4.79 Å². The lowest BCUT2D eigenvalue weighted by molar-refractivity contribution is -0.153. The van der Waals surface area contributed by atoms with E-state index >= 15 is 0 Å². The molecule has 98 valence electrons. The van der Waals surface area contributed by atoms with Crippen LogP contribution in [0.15, 0.2) is 12.2 Å². The summed E-state index contributed by atoms with van der Waals surface area (Å²) in [5, 5.41) is 0. The van der Waals surface area contributed by atoms with Crippen LogP contribution in [0.1, 0.15) is 54.4 Å². The molecule has 2 nitrogen and oxygen atoms in total. The van der Waals surface area contributed by atoms with Crippen molar-refractivity contribution in [2.24, 2.45) is 16.7 Å². The van der Waals surface area contributed by atoms with Crippen LogP contribution in [0.2, 0.25) is 0 Å². The summed E-state index contributed by atoms with van der Waals surface area (Å²) in [4.78, 5) is 11.6. The van der Waals surface area contributed by atoms with E-state index in [-0.39, 0.29) is 22.9 Å². The van der Waals surface area contributed by atoms with Crippen LogP contribution in [0.5, 0.6) is 0 Å². The lowest BCUT2D eigenvalue weighted by Crippen LogP contribution is -2.45. The van der Waals surface area contributed by atoms with Gasteiger partial charge in [0.25, 0.3) is 0 Å². The first-order valence-corrected chi connectivity index (χ1v) is 6.43. The minimum Gasteiger partial charge on any atom is -0.459 e. The van der Waals surface area contributed by atoms with Crippen molar-refractivity contribution in [1.82, 2.24) is 0 Å². The largest absolute Gasteiger partial charge is 0.459 e. The number of hydrogen-bond donors (Lipinski definition) is 0. The van der Waals surface area contributed by atoms with E-state index in [0.717, 1.165) is 12.8 Å². The number of carbonyl (C=O) groups is 1. The molecule has 2 heteroatoms. The van der Waals surface area contributed by atoms with Crippen LogP contribution in [0, 0.1) is 16.7 Å². The molecule has 0 aromatic carbocycles. The number of carbonyl (C=O) groups excluding carboxylic acids is 1. The summed E-state index contributed by atoms with van der Waals surface area (Å²) >= 11 is 0. The molecule has 0 aliphatic heterocycles. The molecule has 0 aromatic rings. The molecule has 0 N–H and O–H groups in total. The van der Waals surface area contributed by atoms with E-state index in [2.05, 4.69) is 41.2 Å². The first kappa shape index (κ1) is 14.3. The summed E-state index contributed by atoms with van der Waals surface area (Å²) in [7, 11) is 0. The summed E-state index contributed by atoms with van der Waals surface area (Å²) < 4.78 is 5.53. The molecule has 0 bridgehead atoms. The summed E-state index contributed by atoms with van der Waals surface area (Å²) in [5.41, 5.74) is 0.906. The minimum atomic E-state index is -0.254. The second kappa shape index (κ2) is 4.47. The third-order valence-corrected chi connectivity index (χ3v) is 4.47. The predicted molar refractivity (Wildman–Crippen MR) is 70.7 cm³/mol. The van der Waals surface area contributed by atoms with Gasteiger partial charge < -0.3 is 4.74 Å². The Hall–Kier alpha value is -0.790. The van der Waals surface area contributed by atoms with E-state index in [1.807, 2.05) is 0 Å². The molecule has 1 aliphatic rings. The molecule has 0 amide bonds. The fraction of sp³-hybridized carbons (Fsp3) is 0.800. The molecule has 0 heterocycles. The fourth-order valence-corrected chi connectivity index (χ4v) is 2.99.